The summed E-state index contributed by atoms with van der Waals surface area (Å²) in [6.07, 6.45) is 1.98. The Labute approximate surface area is 102 Å². The van der Waals surface area contributed by atoms with Crippen LogP contribution in [0.5, 0.6) is 0 Å². The molecule has 5 heteroatoms. The number of hydrogen-bond donors (Lipinski definition) is 1. The van der Waals surface area contributed by atoms with Crippen molar-refractivity contribution in [2.45, 2.75) is 51.3 Å². The summed E-state index contributed by atoms with van der Waals surface area (Å²) in [5.74, 6) is 0. The van der Waals surface area contributed by atoms with Crippen LogP contribution in [0.4, 0.5) is 4.79 Å². The van der Waals surface area contributed by atoms with Gasteiger partial charge in [0, 0.05) is 25.2 Å². The van der Waals surface area contributed by atoms with E-state index in [2.05, 4.69) is 12.8 Å². The smallest absolute Gasteiger partial charge is 0.410 e. The van der Waals surface area contributed by atoms with Crippen LogP contribution < -0.4 is 0 Å². The van der Waals surface area contributed by atoms with E-state index < -0.39 is 5.60 Å². The number of thiol groups is 1. The van der Waals surface area contributed by atoms with Gasteiger partial charge in [-0.05, 0) is 33.6 Å². The van der Waals surface area contributed by atoms with Crippen molar-refractivity contribution in [2.24, 2.45) is 0 Å². The molecular weight excluding hydrogens is 224 g/mol. The molecule has 0 aromatic heterocycles. The molecule has 0 saturated carbocycles. The fourth-order valence-electron chi connectivity index (χ4n) is 2.49. The van der Waals surface area contributed by atoms with Crippen molar-refractivity contribution < 1.29 is 9.53 Å². The molecule has 0 N–H and O–H groups in total. The van der Waals surface area contributed by atoms with E-state index in [1.54, 1.807) is 0 Å². The van der Waals surface area contributed by atoms with Gasteiger partial charge in [-0.1, -0.05) is 12.8 Å². The first kappa shape index (κ1) is 12.0. The lowest BCUT2D eigenvalue weighted by Gasteiger charge is -2.39. The fraction of sp³-hybridized carbons (Fsp3) is 0.909. The average molecular weight is 244 g/mol. The molecule has 0 aromatic carbocycles. The SMILES string of the molecule is CC(C)(C)OC(=O)N1[C@@H]2CC[C@H]1CN(S)C2. The Kier molecular flexibility index (Phi) is 3.09. The fourth-order valence-corrected chi connectivity index (χ4v) is 2.87. The summed E-state index contributed by atoms with van der Waals surface area (Å²) >= 11 is 4.37. The molecule has 0 spiro atoms. The van der Waals surface area contributed by atoms with Crippen molar-refractivity contribution in [3.8, 4) is 0 Å². The minimum absolute atomic E-state index is 0.165. The highest BCUT2D eigenvalue weighted by Gasteiger charge is 2.43. The van der Waals surface area contributed by atoms with Gasteiger partial charge in [0.15, 0.2) is 0 Å². The van der Waals surface area contributed by atoms with Crippen molar-refractivity contribution in [2.75, 3.05) is 13.1 Å². The van der Waals surface area contributed by atoms with Gasteiger partial charge in [-0.25, -0.2) is 9.10 Å². The molecular formula is C11H20N2O2S. The van der Waals surface area contributed by atoms with E-state index in [1.165, 1.54) is 0 Å². The highest BCUT2D eigenvalue weighted by Crippen LogP contribution is 2.32. The summed E-state index contributed by atoms with van der Waals surface area (Å²) in [5.41, 5.74) is -0.408. The maximum absolute atomic E-state index is 12.0. The molecule has 2 aliphatic rings. The lowest BCUT2D eigenvalue weighted by Crippen LogP contribution is -2.54. The molecule has 2 bridgehead atoms. The van der Waals surface area contributed by atoms with E-state index in [9.17, 15) is 4.79 Å². The van der Waals surface area contributed by atoms with Crippen molar-refractivity contribution in [1.82, 2.24) is 9.21 Å². The normalized spacial score (nSPS) is 30.6. The lowest BCUT2D eigenvalue weighted by molar-refractivity contribution is 0.00482. The van der Waals surface area contributed by atoms with Crippen LogP contribution >= 0.6 is 12.8 Å². The largest absolute Gasteiger partial charge is 0.444 e. The molecule has 16 heavy (non-hydrogen) atoms. The molecule has 2 fully saturated rings. The van der Waals surface area contributed by atoms with Crippen molar-refractivity contribution in [1.29, 1.82) is 0 Å². The topological polar surface area (TPSA) is 32.8 Å². The monoisotopic (exact) mass is 244 g/mol. The Balaban J connectivity index is 2.03. The summed E-state index contributed by atoms with van der Waals surface area (Å²) in [7, 11) is 0. The highest BCUT2D eigenvalue weighted by atomic mass is 32.1. The Hall–Kier alpha value is -0.420. The van der Waals surface area contributed by atoms with Gasteiger partial charge in [0.05, 0.1) is 0 Å². The molecule has 0 unspecified atom stereocenters. The summed E-state index contributed by atoms with van der Waals surface area (Å²) in [5, 5.41) is 0. The standard InChI is InChI=1S/C11H20N2O2S/c1-11(2,3)15-10(14)13-8-4-5-9(13)7-12(16)6-8/h8-9,16H,4-7H2,1-3H3/t8-,9+. The van der Waals surface area contributed by atoms with Gasteiger partial charge in [-0.15, -0.1) is 0 Å². The van der Waals surface area contributed by atoms with E-state index in [0.29, 0.717) is 0 Å². The van der Waals surface area contributed by atoms with Crippen LogP contribution in [0.2, 0.25) is 0 Å². The Morgan fingerprint density at radius 2 is 1.75 bits per heavy atom. The van der Waals surface area contributed by atoms with Crippen LogP contribution in [0, 0.1) is 0 Å². The minimum atomic E-state index is -0.408. The summed E-state index contributed by atoms with van der Waals surface area (Å²) in [4.78, 5) is 14.0. The molecule has 2 saturated heterocycles. The van der Waals surface area contributed by atoms with Gasteiger partial charge in [0.1, 0.15) is 5.60 Å². The molecule has 4 nitrogen and oxygen atoms in total. The highest BCUT2D eigenvalue weighted by molar-refractivity contribution is 7.77. The number of hydrogen-bond acceptors (Lipinski definition) is 4. The Bertz CT molecular complexity index is 276. The number of fused-ring (bicyclic) bond motifs is 2. The molecule has 0 aliphatic carbocycles. The van der Waals surface area contributed by atoms with Gasteiger partial charge in [0.2, 0.25) is 0 Å². The number of carbonyl (C=O) groups excluding carboxylic acids is 1. The van der Waals surface area contributed by atoms with Gasteiger partial charge in [-0.3, -0.25) is 4.90 Å². The predicted molar refractivity (Wildman–Crippen MR) is 65.4 cm³/mol. The molecule has 2 rings (SSSR count). The number of ether oxygens (including phenoxy) is 1. The average Bonchev–Trinajstić information content (AvgIpc) is 2.36. The molecule has 92 valence electrons. The van der Waals surface area contributed by atoms with Gasteiger partial charge in [-0.2, -0.15) is 0 Å². The van der Waals surface area contributed by atoms with Gasteiger partial charge in [0.25, 0.3) is 0 Å². The van der Waals surface area contributed by atoms with Crippen LogP contribution in [-0.2, 0) is 4.74 Å². The number of carbonyl (C=O) groups is 1. The first-order valence-corrected chi connectivity index (χ1v) is 6.22. The second-order valence-electron chi connectivity index (χ2n) is 5.64. The third kappa shape index (κ3) is 2.46. The molecule has 2 aliphatic heterocycles. The first-order chi connectivity index (χ1) is 7.37. The quantitative estimate of drug-likeness (QED) is 0.661. The Morgan fingerprint density at radius 1 is 1.25 bits per heavy atom. The first-order valence-electron chi connectivity index (χ1n) is 5.82. The van der Waals surface area contributed by atoms with Gasteiger partial charge < -0.3 is 4.74 Å². The van der Waals surface area contributed by atoms with Gasteiger partial charge >= 0.3 is 6.09 Å². The molecule has 0 aromatic rings. The number of nitrogens with zero attached hydrogens (tertiary/aromatic N) is 2. The van der Waals surface area contributed by atoms with Crippen molar-refractivity contribution in [3.05, 3.63) is 0 Å². The number of rotatable bonds is 0. The minimum Gasteiger partial charge on any atom is -0.444 e. The van der Waals surface area contributed by atoms with E-state index in [1.807, 2.05) is 30.0 Å². The zero-order chi connectivity index (χ0) is 11.9. The van der Waals surface area contributed by atoms with E-state index in [0.717, 1.165) is 25.9 Å². The zero-order valence-corrected chi connectivity index (χ0v) is 11.0. The van der Waals surface area contributed by atoms with Crippen LogP contribution in [-0.4, -0.2) is 46.1 Å². The van der Waals surface area contributed by atoms with Crippen LogP contribution in [0.3, 0.4) is 0 Å². The second-order valence-corrected chi connectivity index (χ2v) is 6.21. The van der Waals surface area contributed by atoms with Crippen molar-refractivity contribution >= 4 is 18.9 Å². The molecule has 1 amide bonds. The Morgan fingerprint density at radius 3 is 2.19 bits per heavy atom. The third-order valence-electron chi connectivity index (χ3n) is 3.07. The van der Waals surface area contributed by atoms with E-state index >= 15 is 0 Å². The second kappa shape index (κ2) is 4.11. The molecule has 2 atom stereocenters. The zero-order valence-electron chi connectivity index (χ0n) is 10.1. The van der Waals surface area contributed by atoms with E-state index in [-0.39, 0.29) is 18.2 Å². The molecule has 2 heterocycles. The van der Waals surface area contributed by atoms with Crippen LogP contribution in [0.25, 0.3) is 0 Å². The van der Waals surface area contributed by atoms with Crippen LogP contribution in [0.1, 0.15) is 33.6 Å². The summed E-state index contributed by atoms with van der Waals surface area (Å²) in [6.45, 7) is 7.41. The maximum Gasteiger partial charge on any atom is 0.410 e. The van der Waals surface area contributed by atoms with E-state index in [4.69, 9.17) is 4.74 Å². The summed E-state index contributed by atoms with van der Waals surface area (Å²) in [6, 6.07) is 0.567. The third-order valence-corrected chi connectivity index (χ3v) is 3.39. The predicted octanol–water partition coefficient (Wildman–Crippen LogP) is 1.91. The maximum atomic E-state index is 12.0. The molecule has 0 radical (unpaired) electrons. The van der Waals surface area contributed by atoms with Crippen LogP contribution in [0.15, 0.2) is 0 Å². The lowest BCUT2D eigenvalue weighted by atomic mass is 10.2. The number of piperazine rings is 1. The number of amides is 1. The summed E-state index contributed by atoms with van der Waals surface area (Å²) < 4.78 is 7.44. The van der Waals surface area contributed by atoms with Crippen molar-refractivity contribution in [3.63, 3.8) is 0 Å².